The smallest absolute Gasteiger partial charge is 0.225 e. The van der Waals surface area contributed by atoms with Crippen LogP contribution < -0.4 is 25.8 Å². The van der Waals surface area contributed by atoms with Gasteiger partial charge in [0.2, 0.25) is 5.95 Å². The van der Waals surface area contributed by atoms with Crippen molar-refractivity contribution in [3.8, 4) is 11.5 Å². The predicted octanol–water partition coefficient (Wildman–Crippen LogP) is 3.91. The Bertz CT molecular complexity index is 1270. The van der Waals surface area contributed by atoms with E-state index < -0.39 is 0 Å². The zero-order chi connectivity index (χ0) is 23.2. The fourth-order valence-corrected chi connectivity index (χ4v) is 3.80. The van der Waals surface area contributed by atoms with Crippen LogP contribution in [0.1, 0.15) is 18.4 Å². The fraction of sp³-hybridized carbons (Fsp3) is 0.292. The van der Waals surface area contributed by atoms with Gasteiger partial charge in [0, 0.05) is 48.1 Å². The number of nitrogens with two attached hydrogens (primary N) is 1. The summed E-state index contributed by atoms with van der Waals surface area (Å²) in [6, 6.07) is 12.0. The lowest BCUT2D eigenvalue weighted by atomic mass is 10.1. The van der Waals surface area contributed by atoms with Gasteiger partial charge in [-0.2, -0.15) is 4.98 Å². The Morgan fingerprint density at radius 2 is 1.82 bits per heavy atom. The molecule has 0 aliphatic heterocycles. The Hall–Kier alpha value is -4.01. The first-order valence-corrected chi connectivity index (χ1v) is 10.9. The molecule has 0 unspecified atom stereocenters. The third-order valence-electron chi connectivity index (χ3n) is 5.47. The van der Waals surface area contributed by atoms with Crippen LogP contribution in [0.15, 0.2) is 42.6 Å². The summed E-state index contributed by atoms with van der Waals surface area (Å²) >= 11 is 0. The van der Waals surface area contributed by atoms with Crippen LogP contribution in [0, 0.1) is 5.41 Å². The molecule has 0 radical (unpaired) electrons. The topological polar surface area (TPSA) is 134 Å². The molecule has 0 atom stereocenters. The molecule has 0 spiro atoms. The van der Waals surface area contributed by atoms with E-state index in [1.165, 1.54) is 10.9 Å². The Kier molecular flexibility index (Phi) is 6.77. The maximum Gasteiger partial charge on any atom is 0.225 e. The molecule has 0 fully saturated rings. The van der Waals surface area contributed by atoms with E-state index in [1.54, 1.807) is 14.2 Å². The van der Waals surface area contributed by atoms with Gasteiger partial charge in [0.1, 0.15) is 5.82 Å². The second-order valence-electron chi connectivity index (χ2n) is 7.71. The van der Waals surface area contributed by atoms with Gasteiger partial charge in [-0.05, 0) is 30.5 Å². The van der Waals surface area contributed by atoms with Crippen molar-refractivity contribution in [2.75, 3.05) is 37.9 Å². The van der Waals surface area contributed by atoms with E-state index in [-0.39, 0.29) is 5.84 Å². The number of H-pyrrole nitrogens is 1. The minimum Gasteiger partial charge on any atom is -0.493 e. The average Bonchev–Trinajstić information content (AvgIpc) is 3.24. The van der Waals surface area contributed by atoms with Crippen LogP contribution in [0.2, 0.25) is 0 Å². The third kappa shape index (κ3) is 5.08. The minimum absolute atomic E-state index is 0.174. The standard InChI is InChI=1S/C24H29N7O2/c1-32-20-12-17-19(13-21(20)33-2)30-24(28-10-5-8-22(25)26)31-23(17)27-11-9-15-14-29-18-7-4-3-6-16(15)18/h3-4,6-7,12-14,29H,5,8-11H2,1-2H3,(H3,25,26)(H2,27,28,30,31). The number of hydrogen-bond donors (Lipinski definition) is 5. The molecule has 4 rings (SSSR count). The summed E-state index contributed by atoms with van der Waals surface area (Å²) in [5.74, 6) is 2.63. The number of anilines is 2. The van der Waals surface area contributed by atoms with Crippen LogP contribution >= 0.6 is 0 Å². The first-order valence-electron chi connectivity index (χ1n) is 10.9. The van der Waals surface area contributed by atoms with Gasteiger partial charge in [-0.3, -0.25) is 5.41 Å². The molecule has 2 aromatic carbocycles. The Labute approximate surface area is 192 Å². The third-order valence-corrected chi connectivity index (χ3v) is 5.47. The number of nitrogens with zero attached hydrogens (tertiary/aromatic N) is 2. The molecule has 6 N–H and O–H groups in total. The maximum atomic E-state index is 7.37. The van der Waals surface area contributed by atoms with Crippen LogP contribution in [-0.4, -0.2) is 48.1 Å². The van der Waals surface area contributed by atoms with Crippen molar-refractivity contribution in [1.82, 2.24) is 15.0 Å². The second kappa shape index (κ2) is 10.1. The molecule has 0 aliphatic rings. The van der Waals surface area contributed by atoms with Crippen molar-refractivity contribution in [1.29, 1.82) is 5.41 Å². The molecule has 2 aromatic heterocycles. The molecule has 4 aromatic rings. The number of para-hydroxylation sites is 1. The molecular weight excluding hydrogens is 418 g/mol. The van der Waals surface area contributed by atoms with E-state index in [1.807, 2.05) is 18.2 Å². The van der Waals surface area contributed by atoms with Crippen molar-refractivity contribution in [2.45, 2.75) is 19.3 Å². The van der Waals surface area contributed by atoms with Crippen LogP contribution in [0.25, 0.3) is 21.8 Å². The number of nitrogens with one attached hydrogen (secondary N) is 4. The van der Waals surface area contributed by atoms with Crippen LogP contribution in [0.3, 0.4) is 0 Å². The zero-order valence-corrected chi connectivity index (χ0v) is 18.9. The molecule has 0 bridgehead atoms. The summed E-state index contributed by atoms with van der Waals surface area (Å²) in [5, 5.41) is 16.2. The Balaban J connectivity index is 1.58. The predicted molar refractivity (Wildman–Crippen MR) is 133 cm³/mol. The molecule has 33 heavy (non-hydrogen) atoms. The molecule has 0 saturated heterocycles. The number of aromatic nitrogens is 3. The van der Waals surface area contributed by atoms with Crippen molar-refractivity contribution in [3.05, 3.63) is 48.2 Å². The number of ether oxygens (including phenoxy) is 2. The van der Waals surface area contributed by atoms with E-state index >= 15 is 0 Å². The first-order chi connectivity index (χ1) is 16.1. The monoisotopic (exact) mass is 447 g/mol. The number of fused-ring (bicyclic) bond motifs is 2. The number of aromatic amines is 1. The van der Waals surface area contributed by atoms with Crippen LogP contribution in [-0.2, 0) is 6.42 Å². The lowest BCUT2D eigenvalue weighted by Crippen LogP contribution is -2.14. The second-order valence-corrected chi connectivity index (χ2v) is 7.71. The highest BCUT2D eigenvalue weighted by molar-refractivity contribution is 5.93. The van der Waals surface area contributed by atoms with E-state index in [0.29, 0.717) is 37.0 Å². The lowest BCUT2D eigenvalue weighted by Gasteiger charge is -2.14. The van der Waals surface area contributed by atoms with Gasteiger partial charge < -0.3 is 30.8 Å². The summed E-state index contributed by atoms with van der Waals surface area (Å²) < 4.78 is 10.9. The molecule has 2 heterocycles. The van der Waals surface area contributed by atoms with E-state index in [0.717, 1.165) is 35.1 Å². The fourth-order valence-electron chi connectivity index (χ4n) is 3.80. The average molecular weight is 448 g/mol. The van der Waals surface area contributed by atoms with Crippen molar-refractivity contribution in [3.63, 3.8) is 0 Å². The number of methoxy groups -OCH3 is 2. The molecule has 9 heteroatoms. The van der Waals surface area contributed by atoms with Crippen LogP contribution in [0.5, 0.6) is 11.5 Å². The van der Waals surface area contributed by atoms with Crippen molar-refractivity contribution < 1.29 is 9.47 Å². The zero-order valence-electron chi connectivity index (χ0n) is 18.9. The molecule has 9 nitrogen and oxygen atoms in total. The molecule has 0 aliphatic carbocycles. The van der Waals surface area contributed by atoms with Gasteiger partial charge in [0.05, 0.1) is 25.6 Å². The molecular formula is C24H29N7O2. The molecule has 172 valence electrons. The first kappa shape index (κ1) is 22.2. The van der Waals surface area contributed by atoms with Crippen molar-refractivity contribution in [2.24, 2.45) is 5.73 Å². The number of hydrogen-bond acceptors (Lipinski definition) is 7. The Morgan fingerprint density at radius 1 is 1.03 bits per heavy atom. The van der Waals surface area contributed by atoms with Gasteiger partial charge in [-0.1, -0.05) is 18.2 Å². The van der Waals surface area contributed by atoms with Gasteiger partial charge in [0.25, 0.3) is 0 Å². The van der Waals surface area contributed by atoms with Gasteiger partial charge in [0.15, 0.2) is 11.5 Å². The van der Waals surface area contributed by atoms with E-state index in [9.17, 15) is 0 Å². The van der Waals surface area contributed by atoms with Gasteiger partial charge >= 0.3 is 0 Å². The quantitative estimate of drug-likeness (QED) is 0.134. The highest BCUT2D eigenvalue weighted by Gasteiger charge is 2.13. The molecule has 0 saturated carbocycles. The largest absolute Gasteiger partial charge is 0.493 e. The number of benzene rings is 2. The number of rotatable bonds is 11. The summed E-state index contributed by atoms with van der Waals surface area (Å²) in [4.78, 5) is 12.7. The van der Waals surface area contributed by atoms with Crippen molar-refractivity contribution >= 4 is 39.4 Å². The van der Waals surface area contributed by atoms with Gasteiger partial charge in [-0.25, -0.2) is 4.98 Å². The normalized spacial score (nSPS) is 11.0. The van der Waals surface area contributed by atoms with E-state index in [4.69, 9.17) is 25.6 Å². The highest BCUT2D eigenvalue weighted by atomic mass is 16.5. The lowest BCUT2D eigenvalue weighted by molar-refractivity contribution is 0.356. The van der Waals surface area contributed by atoms with Gasteiger partial charge in [-0.15, -0.1) is 0 Å². The highest BCUT2D eigenvalue weighted by Crippen LogP contribution is 2.34. The minimum atomic E-state index is 0.174. The summed E-state index contributed by atoms with van der Waals surface area (Å²) in [6.07, 6.45) is 4.15. The summed E-state index contributed by atoms with van der Waals surface area (Å²) in [5.41, 5.74) is 8.57. The number of amidine groups is 1. The van der Waals surface area contributed by atoms with E-state index in [2.05, 4.69) is 45.0 Å². The summed E-state index contributed by atoms with van der Waals surface area (Å²) in [7, 11) is 3.21. The molecule has 0 amide bonds. The SMILES string of the molecule is COc1cc2nc(NCCCC(=N)N)nc(NCCc3c[nH]c4ccccc34)c2cc1OC. The Morgan fingerprint density at radius 3 is 2.61 bits per heavy atom. The van der Waals surface area contributed by atoms with Crippen LogP contribution in [0.4, 0.5) is 11.8 Å². The summed E-state index contributed by atoms with van der Waals surface area (Å²) in [6.45, 7) is 1.32. The maximum absolute atomic E-state index is 7.37.